The van der Waals surface area contributed by atoms with Crippen LogP contribution in [0.5, 0.6) is 5.88 Å². The number of hydrogen-bond donors (Lipinski definition) is 0. The van der Waals surface area contributed by atoms with Crippen molar-refractivity contribution < 1.29 is 4.74 Å². The Morgan fingerprint density at radius 2 is 1.83 bits per heavy atom. The van der Waals surface area contributed by atoms with Gasteiger partial charge in [0.1, 0.15) is 6.61 Å². The van der Waals surface area contributed by atoms with Crippen LogP contribution >= 0.6 is 0 Å². The molecule has 23 heavy (non-hydrogen) atoms. The number of para-hydroxylation sites is 2. The van der Waals surface area contributed by atoms with Gasteiger partial charge in [-0.15, -0.1) is 0 Å². The Hall–Kier alpha value is -2.88. The Labute approximate surface area is 134 Å². The minimum atomic E-state index is 0.297. The summed E-state index contributed by atoms with van der Waals surface area (Å²) in [7, 11) is 0. The lowest BCUT2D eigenvalue weighted by Crippen LogP contribution is -2.30. The van der Waals surface area contributed by atoms with E-state index in [2.05, 4.69) is 34.3 Å². The van der Waals surface area contributed by atoms with Crippen molar-refractivity contribution in [1.82, 2.24) is 4.98 Å². The second-order valence-corrected chi connectivity index (χ2v) is 5.94. The number of hydrogen-bond acceptors (Lipinski definition) is 4. The zero-order valence-corrected chi connectivity index (χ0v) is 12.5. The molecule has 0 N–H and O–H groups in total. The predicted molar refractivity (Wildman–Crippen MR) is 91.1 cm³/mol. The molecule has 1 atom stereocenters. The molecule has 0 bridgehead atoms. The van der Waals surface area contributed by atoms with Gasteiger partial charge in [0, 0.05) is 5.39 Å². The number of pyridine rings is 1. The molecule has 0 fully saturated rings. The van der Waals surface area contributed by atoms with Crippen molar-refractivity contribution in [3.63, 3.8) is 0 Å². The molecule has 0 saturated heterocycles. The molecule has 2 aliphatic heterocycles. The molecule has 0 saturated carbocycles. The lowest BCUT2D eigenvalue weighted by molar-refractivity contribution is 0.270. The van der Waals surface area contributed by atoms with Crippen LogP contribution in [0.3, 0.4) is 0 Å². The van der Waals surface area contributed by atoms with Crippen molar-refractivity contribution in [3.05, 3.63) is 66.2 Å². The highest BCUT2D eigenvalue weighted by Gasteiger charge is 2.35. The van der Waals surface area contributed by atoms with Crippen LogP contribution in [0.2, 0.25) is 0 Å². The highest BCUT2D eigenvalue weighted by molar-refractivity contribution is 6.08. The van der Waals surface area contributed by atoms with E-state index in [4.69, 9.17) is 9.84 Å². The smallest absolute Gasteiger partial charge is 0.223 e. The summed E-state index contributed by atoms with van der Waals surface area (Å²) in [5.74, 6) is 0.999. The Morgan fingerprint density at radius 1 is 1.00 bits per heavy atom. The molecule has 0 radical (unpaired) electrons. The molecule has 112 valence electrons. The second-order valence-electron chi connectivity index (χ2n) is 5.94. The van der Waals surface area contributed by atoms with Crippen LogP contribution in [-0.4, -0.2) is 23.8 Å². The van der Waals surface area contributed by atoms with Crippen molar-refractivity contribution in [2.45, 2.75) is 0 Å². The van der Waals surface area contributed by atoms with Crippen LogP contribution in [-0.2, 0) is 0 Å². The maximum absolute atomic E-state index is 5.91. The van der Waals surface area contributed by atoms with E-state index in [0.29, 0.717) is 18.4 Å². The summed E-state index contributed by atoms with van der Waals surface area (Å²) >= 11 is 0. The van der Waals surface area contributed by atoms with E-state index >= 15 is 0 Å². The van der Waals surface area contributed by atoms with E-state index in [0.717, 1.165) is 34.4 Å². The van der Waals surface area contributed by atoms with Gasteiger partial charge in [0.15, 0.2) is 0 Å². The first kappa shape index (κ1) is 12.6. The summed E-state index contributed by atoms with van der Waals surface area (Å²) in [6.07, 6.45) is 0. The Morgan fingerprint density at radius 3 is 2.74 bits per heavy atom. The third-order valence-corrected chi connectivity index (χ3v) is 4.45. The van der Waals surface area contributed by atoms with Gasteiger partial charge in [-0.05, 0) is 24.3 Å². The third kappa shape index (κ3) is 1.99. The van der Waals surface area contributed by atoms with Crippen LogP contribution in [0.1, 0.15) is 5.56 Å². The van der Waals surface area contributed by atoms with Gasteiger partial charge in [-0.3, -0.25) is 5.01 Å². The van der Waals surface area contributed by atoms with Crippen molar-refractivity contribution in [2.75, 3.05) is 18.2 Å². The second kappa shape index (κ2) is 4.81. The molecule has 1 aromatic heterocycles. The number of rotatable bonds is 1. The van der Waals surface area contributed by atoms with E-state index in [1.807, 2.05) is 36.4 Å². The Bertz CT molecular complexity index is 920. The minimum Gasteiger partial charge on any atom is -0.476 e. The minimum absolute atomic E-state index is 0.297. The summed E-state index contributed by atoms with van der Waals surface area (Å²) in [5, 5.41) is 8.04. The molecule has 2 aliphatic rings. The number of fused-ring (bicyclic) bond motifs is 4. The summed E-state index contributed by atoms with van der Waals surface area (Å²) in [4.78, 5) is 4.65. The highest BCUT2D eigenvalue weighted by atomic mass is 16.5. The molecule has 2 aromatic carbocycles. The highest BCUT2D eigenvalue weighted by Crippen LogP contribution is 2.34. The zero-order chi connectivity index (χ0) is 15.2. The molecule has 1 unspecified atom stereocenters. The fraction of sp³-hybridized carbons (Fsp3) is 0.158. The normalized spacial score (nSPS) is 19.0. The van der Waals surface area contributed by atoms with E-state index in [9.17, 15) is 0 Å². The lowest BCUT2D eigenvalue weighted by atomic mass is 9.96. The first-order valence-corrected chi connectivity index (χ1v) is 7.82. The van der Waals surface area contributed by atoms with E-state index in [1.54, 1.807) is 0 Å². The molecule has 4 nitrogen and oxygen atoms in total. The number of aromatic nitrogens is 1. The monoisotopic (exact) mass is 301 g/mol. The topological polar surface area (TPSA) is 37.7 Å². The molecular weight excluding hydrogens is 286 g/mol. The van der Waals surface area contributed by atoms with Crippen LogP contribution in [0.4, 0.5) is 5.69 Å². The van der Waals surface area contributed by atoms with Gasteiger partial charge in [-0.2, -0.15) is 5.10 Å². The third-order valence-electron chi connectivity index (χ3n) is 4.45. The largest absolute Gasteiger partial charge is 0.476 e. The molecule has 5 rings (SSSR count). The van der Waals surface area contributed by atoms with Gasteiger partial charge in [-0.1, -0.05) is 36.4 Å². The molecule has 3 aromatic rings. The quantitative estimate of drug-likeness (QED) is 0.691. The molecule has 0 amide bonds. The van der Waals surface area contributed by atoms with Crippen LogP contribution < -0.4 is 9.75 Å². The average Bonchev–Trinajstić information content (AvgIpc) is 3.05. The van der Waals surface area contributed by atoms with Crippen molar-refractivity contribution in [1.29, 1.82) is 0 Å². The van der Waals surface area contributed by atoms with E-state index < -0.39 is 0 Å². The maximum atomic E-state index is 5.91. The first-order chi connectivity index (χ1) is 11.4. The molecule has 3 heterocycles. The van der Waals surface area contributed by atoms with Crippen LogP contribution in [0, 0.1) is 5.92 Å². The van der Waals surface area contributed by atoms with Gasteiger partial charge in [0.25, 0.3) is 0 Å². The molecule has 0 spiro atoms. The fourth-order valence-electron chi connectivity index (χ4n) is 3.29. The number of nitrogens with zero attached hydrogens (tertiary/aromatic N) is 3. The Balaban J connectivity index is 1.63. The number of ether oxygens (including phenoxy) is 1. The summed E-state index contributed by atoms with van der Waals surface area (Å²) in [5.41, 5.74) is 4.19. The maximum Gasteiger partial charge on any atom is 0.223 e. The number of benzene rings is 2. The van der Waals surface area contributed by atoms with E-state index in [1.165, 1.54) is 0 Å². The van der Waals surface area contributed by atoms with Gasteiger partial charge in [-0.25, -0.2) is 4.98 Å². The predicted octanol–water partition coefficient (Wildman–Crippen LogP) is 3.47. The summed E-state index contributed by atoms with van der Waals surface area (Å²) < 4.78 is 5.91. The molecule has 4 heteroatoms. The number of anilines is 1. The molecular formula is C19H15N3O. The SMILES string of the molecule is c1ccc(N2CC3COc4nc5ccccc5cc4C3=N2)cc1. The lowest BCUT2D eigenvalue weighted by Gasteiger charge is -2.22. The van der Waals surface area contributed by atoms with Crippen LogP contribution in [0.15, 0.2) is 65.8 Å². The fourth-order valence-corrected chi connectivity index (χ4v) is 3.29. The van der Waals surface area contributed by atoms with Crippen molar-refractivity contribution in [2.24, 2.45) is 11.0 Å². The summed E-state index contributed by atoms with van der Waals surface area (Å²) in [6.45, 7) is 1.49. The number of hydrazone groups is 1. The average molecular weight is 301 g/mol. The van der Waals surface area contributed by atoms with Crippen LogP contribution in [0.25, 0.3) is 10.9 Å². The van der Waals surface area contributed by atoms with Gasteiger partial charge < -0.3 is 4.74 Å². The van der Waals surface area contributed by atoms with Crippen molar-refractivity contribution >= 4 is 22.3 Å². The van der Waals surface area contributed by atoms with Gasteiger partial charge in [0.05, 0.1) is 34.9 Å². The van der Waals surface area contributed by atoms with E-state index in [-0.39, 0.29) is 0 Å². The summed E-state index contributed by atoms with van der Waals surface area (Å²) in [6, 6.07) is 20.5. The van der Waals surface area contributed by atoms with Crippen molar-refractivity contribution in [3.8, 4) is 5.88 Å². The van der Waals surface area contributed by atoms with Gasteiger partial charge in [0.2, 0.25) is 5.88 Å². The first-order valence-electron chi connectivity index (χ1n) is 7.82. The van der Waals surface area contributed by atoms with Gasteiger partial charge >= 0.3 is 0 Å². The standard InChI is InChI=1S/C19H15N3O/c1-2-7-15(8-3-1)22-11-14-12-23-19-16(18(14)21-22)10-13-6-4-5-9-17(13)20-19/h1-10,14H,11-12H2. The molecule has 0 aliphatic carbocycles. The zero-order valence-electron chi connectivity index (χ0n) is 12.5. The Kier molecular flexibility index (Phi) is 2.65.